The van der Waals surface area contributed by atoms with Crippen LogP contribution in [0.25, 0.3) is 0 Å². The molecule has 0 radical (unpaired) electrons. The summed E-state index contributed by atoms with van der Waals surface area (Å²) in [4.78, 5) is 24.8. The Hall–Kier alpha value is -1.57. The van der Waals surface area contributed by atoms with E-state index < -0.39 is 12.1 Å². The molecule has 8 heteroatoms. The molecule has 1 aliphatic rings. The maximum atomic E-state index is 12.3. The highest BCUT2D eigenvalue weighted by atomic mass is 79.9. The largest absolute Gasteiger partial charge is 0.471 e. The first-order valence-corrected chi connectivity index (χ1v) is 8.92. The zero-order valence-corrected chi connectivity index (χ0v) is 15.2. The number of alkyl halides is 3. The lowest BCUT2D eigenvalue weighted by molar-refractivity contribution is -0.173. The van der Waals surface area contributed by atoms with E-state index in [1.807, 2.05) is 29.6 Å². The van der Waals surface area contributed by atoms with Crippen LogP contribution in [0.15, 0.2) is 28.7 Å². The number of carbonyl (C=O) groups is 2. The van der Waals surface area contributed by atoms with Crippen molar-refractivity contribution in [3.05, 3.63) is 34.3 Å². The van der Waals surface area contributed by atoms with E-state index in [2.05, 4.69) is 15.9 Å². The summed E-state index contributed by atoms with van der Waals surface area (Å²) in [5.41, 5.74) is 1.08. The summed E-state index contributed by atoms with van der Waals surface area (Å²) >= 11 is 3.39. The zero-order chi connectivity index (χ0) is 18.4. The summed E-state index contributed by atoms with van der Waals surface area (Å²) in [5.74, 6) is -1.88. The Morgan fingerprint density at radius 1 is 1.24 bits per heavy atom. The van der Waals surface area contributed by atoms with Crippen LogP contribution in [0.4, 0.5) is 13.2 Å². The number of carbonyl (C=O) groups excluding carboxylic acids is 2. The number of piperidine rings is 1. The summed E-state index contributed by atoms with van der Waals surface area (Å²) in [6, 6.07) is 7.79. The minimum absolute atomic E-state index is 0.00157. The highest BCUT2D eigenvalue weighted by Gasteiger charge is 2.38. The van der Waals surface area contributed by atoms with Crippen LogP contribution >= 0.6 is 15.9 Å². The molecule has 2 rings (SSSR count). The quantitative estimate of drug-likeness (QED) is 0.794. The summed E-state index contributed by atoms with van der Waals surface area (Å²) < 4.78 is 37.4. The number of benzene rings is 1. The molecule has 0 aromatic heterocycles. The van der Waals surface area contributed by atoms with Crippen LogP contribution in [0.5, 0.6) is 0 Å². The molecule has 2 amide bonds. The molecule has 1 aromatic carbocycles. The highest BCUT2D eigenvalue weighted by molar-refractivity contribution is 9.10. The lowest BCUT2D eigenvalue weighted by Crippen LogP contribution is -2.44. The Kier molecular flexibility index (Phi) is 6.87. The molecular formula is C17H20BrF3N2O2. The molecule has 0 atom stereocenters. The number of amides is 2. The van der Waals surface area contributed by atoms with Crippen molar-refractivity contribution in [2.75, 3.05) is 19.6 Å². The second-order valence-electron chi connectivity index (χ2n) is 6.16. The van der Waals surface area contributed by atoms with Crippen molar-refractivity contribution in [3.63, 3.8) is 0 Å². The standard InChI is InChI=1S/C17H20BrF3N2O2/c18-14-3-1-2-12(10-14)4-5-15(24)23-8-6-13(7-9-23)11-22-16(25)17(19,20)21/h1-3,10,13H,4-9,11H2,(H,22,25). The Bertz CT molecular complexity index is 614. The number of rotatable bonds is 5. The molecule has 4 nitrogen and oxygen atoms in total. The second kappa shape index (κ2) is 8.69. The van der Waals surface area contributed by atoms with Gasteiger partial charge in [-0.25, -0.2) is 0 Å². The van der Waals surface area contributed by atoms with Crippen LogP contribution in [-0.4, -0.2) is 42.5 Å². The van der Waals surface area contributed by atoms with Crippen molar-refractivity contribution in [3.8, 4) is 0 Å². The molecule has 138 valence electrons. The molecule has 1 aromatic rings. The van der Waals surface area contributed by atoms with E-state index in [1.54, 1.807) is 4.90 Å². The van der Waals surface area contributed by atoms with Crippen molar-refractivity contribution in [2.24, 2.45) is 5.92 Å². The molecule has 0 bridgehead atoms. The Morgan fingerprint density at radius 3 is 2.52 bits per heavy atom. The fourth-order valence-corrected chi connectivity index (χ4v) is 3.27. The average molecular weight is 421 g/mol. The lowest BCUT2D eigenvalue weighted by Gasteiger charge is -2.32. The van der Waals surface area contributed by atoms with Gasteiger partial charge in [-0.05, 0) is 42.9 Å². The van der Waals surface area contributed by atoms with E-state index in [0.29, 0.717) is 38.8 Å². The van der Waals surface area contributed by atoms with Crippen LogP contribution in [0.2, 0.25) is 0 Å². The van der Waals surface area contributed by atoms with Gasteiger partial charge in [0.25, 0.3) is 0 Å². The van der Waals surface area contributed by atoms with Gasteiger partial charge >= 0.3 is 12.1 Å². The number of halogens is 4. The smallest absolute Gasteiger partial charge is 0.348 e. The second-order valence-corrected chi connectivity index (χ2v) is 7.08. The van der Waals surface area contributed by atoms with Gasteiger partial charge in [-0.1, -0.05) is 28.1 Å². The molecule has 0 unspecified atom stereocenters. The third-order valence-corrected chi connectivity index (χ3v) is 4.79. The maximum Gasteiger partial charge on any atom is 0.471 e. The van der Waals surface area contributed by atoms with Gasteiger partial charge in [0, 0.05) is 30.5 Å². The Balaban J connectivity index is 1.70. The monoisotopic (exact) mass is 420 g/mol. The van der Waals surface area contributed by atoms with E-state index in [9.17, 15) is 22.8 Å². The predicted molar refractivity (Wildman–Crippen MR) is 90.8 cm³/mol. The van der Waals surface area contributed by atoms with Gasteiger partial charge in [-0.15, -0.1) is 0 Å². The number of aryl methyl sites for hydroxylation is 1. The molecule has 1 N–H and O–H groups in total. The van der Waals surface area contributed by atoms with Gasteiger partial charge in [0.15, 0.2) is 0 Å². The molecular weight excluding hydrogens is 401 g/mol. The third-order valence-electron chi connectivity index (χ3n) is 4.29. The van der Waals surface area contributed by atoms with Crippen LogP contribution < -0.4 is 5.32 Å². The first kappa shape index (κ1) is 19.8. The van der Waals surface area contributed by atoms with Gasteiger partial charge in [0.2, 0.25) is 5.91 Å². The van der Waals surface area contributed by atoms with E-state index in [-0.39, 0.29) is 18.4 Å². The van der Waals surface area contributed by atoms with E-state index in [1.165, 1.54) is 0 Å². The predicted octanol–water partition coefficient (Wildman–Crippen LogP) is 3.30. The van der Waals surface area contributed by atoms with Crippen LogP contribution in [0, 0.1) is 5.92 Å². The van der Waals surface area contributed by atoms with Crippen molar-refractivity contribution in [1.82, 2.24) is 10.2 Å². The van der Waals surface area contributed by atoms with Crippen molar-refractivity contribution < 1.29 is 22.8 Å². The SMILES string of the molecule is O=C(CCc1cccc(Br)c1)N1CCC(CNC(=O)C(F)(F)F)CC1. The molecule has 25 heavy (non-hydrogen) atoms. The van der Waals surface area contributed by atoms with E-state index in [0.717, 1.165) is 10.0 Å². The number of hydrogen-bond acceptors (Lipinski definition) is 2. The van der Waals surface area contributed by atoms with Crippen LogP contribution in [-0.2, 0) is 16.0 Å². The van der Waals surface area contributed by atoms with Gasteiger partial charge in [-0.3, -0.25) is 9.59 Å². The zero-order valence-electron chi connectivity index (χ0n) is 13.6. The Labute approximate surface area is 152 Å². The average Bonchev–Trinajstić information content (AvgIpc) is 2.57. The number of nitrogens with zero attached hydrogens (tertiary/aromatic N) is 1. The Morgan fingerprint density at radius 2 is 1.92 bits per heavy atom. The molecule has 1 saturated heterocycles. The summed E-state index contributed by atoms with van der Waals surface area (Å²) in [5, 5.41) is 1.92. The third kappa shape index (κ3) is 6.34. The van der Waals surface area contributed by atoms with Gasteiger partial charge in [-0.2, -0.15) is 13.2 Å². The molecule has 1 aliphatic heterocycles. The number of nitrogens with one attached hydrogen (secondary N) is 1. The molecule has 0 aliphatic carbocycles. The van der Waals surface area contributed by atoms with Crippen molar-refractivity contribution in [1.29, 1.82) is 0 Å². The van der Waals surface area contributed by atoms with Crippen molar-refractivity contribution >= 4 is 27.7 Å². The van der Waals surface area contributed by atoms with E-state index >= 15 is 0 Å². The van der Waals surface area contributed by atoms with Crippen molar-refractivity contribution in [2.45, 2.75) is 31.9 Å². The van der Waals surface area contributed by atoms with E-state index in [4.69, 9.17) is 0 Å². The highest BCUT2D eigenvalue weighted by Crippen LogP contribution is 2.20. The normalized spacial score (nSPS) is 15.9. The minimum atomic E-state index is -4.84. The molecule has 0 saturated carbocycles. The maximum absolute atomic E-state index is 12.3. The molecule has 1 heterocycles. The number of likely N-dealkylation sites (tertiary alicyclic amines) is 1. The van der Waals surface area contributed by atoms with Gasteiger partial charge in [0.05, 0.1) is 0 Å². The molecule has 1 fully saturated rings. The lowest BCUT2D eigenvalue weighted by atomic mass is 9.96. The summed E-state index contributed by atoms with van der Waals surface area (Å²) in [6.07, 6.45) is -2.59. The van der Waals surface area contributed by atoms with Gasteiger partial charge < -0.3 is 10.2 Å². The molecule has 0 spiro atoms. The van der Waals surface area contributed by atoms with Crippen LogP contribution in [0.3, 0.4) is 0 Å². The first-order chi connectivity index (χ1) is 11.8. The topological polar surface area (TPSA) is 49.4 Å². The summed E-state index contributed by atoms with van der Waals surface area (Å²) in [6.45, 7) is 1.03. The van der Waals surface area contributed by atoms with Crippen LogP contribution in [0.1, 0.15) is 24.8 Å². The number of hydrogen-bond donors (Lipinski definition) is 1. The summed E-state index contributed by atoms with van der Waals surface area (Å²) in [7, 11) is 0. The van der Waals surface area contributed by atoms with Gasteiger partial charge in [0.1, 0.15) is 0 Å². The first-order valence-electron chi connectivity index (χ1n) is 8.13. The minimum Gasteiger partial charge on any atom is -0.348 e. The fourth-order valence-electron chi connectivity index (χ4n) is 2.83. The fraction of sp³-hybridized carbons (Fsp3) is 0.529.